The highest BCUT2D eigenvalue weighted by molar-refractivity contribution is 5.95. The van der Waals surface area contributed by atoms with E-state index >= 15 is 0 Å². The molecule has 0 spiro atoms. The molecule has 180 valence electrons. The number of rotatable bonds is 8. The summed E-state index contributed by atoms with van der Waals surface area (Å²) in [5, 5.41) is 44.8. The molecule has 1 fully saturated rings. The summed E-state index contributed by atoms with van der Waals surface area (Å²) in [7, 11) is 0. The summed E-state index contributed by atoms with van der Waals surface area (Å²) in [6, 6.07) is 14.1. The van der Waals surface area contributed by atoms with E-state index in [1.165, 1.54) is 0 Å². The van der Waals surface area contributed by atoms with Crippen LogP contribution in [0.15, 0.2) is 42.5 Å². The Morgan fingerprint density at radius 3 is 2.41 bits per heavy atom. The number of nitrogens with zero attached hydrogens (tertiary/aromatic N) is 2. The summed E-state index contributed by atoms with van der Waals surface area (Å²) in [6.07, 6.45) is 1.57. The first-order valence-electron chi connectivity index (χ1n) is 11.8. The largest absolute Gasteiger partial charge is 0.394 e. The van der Waals surface area contributed by atoms with Crippen molar-refractivity contribution in [1.82, 2.24) is 5.32 Å². The van der Waals surface area contributed by atoms with E-state index in [1.807, 2.05) is 24.3 Å². The van der Waals surface area contributed by atoms with Crippen molar-refractivity contribution in [2.75, 3.05) is 23.4 Å². The molecule has 1 saturated carbocycles. The van der Waals surface area contributed by atoms with E-state index in [0.29, 0.717) is 17.0 Å². The molecule has 1 aliphatic carbocycles. The van der Waals surface area contributed by atoms with Gasteiger partial charge in [-0.05, 0) is 73.7 Å². The van der Waals surface area contributed by atoms with Gasteiger partial charge in [0.05, 0.1) is 36.9 Å². The summed E-state index contributed by atoms with van der Waals surface area (Å²) in [5.41, 5.74) is 3.65. The van der Waals surface area contributed by atoms with E-state index in [0.717, 1.165) is 29.8 Å². The van der Waals surface area contributed by atoms with Crippen molar-refractivity contribution < 1.29 is 20.1 Å². The molecule has 1 heterocycles. The summed E-state index contributed by atoms with van der Waals surface area (Å²) < 4.78 is 0. The van der Waals surface area contributed by atoms with Gasteiger partial charge in [-0.15, -0.1) is 0 Å². The molecular formula is C26H32N4O4. The number of hydrogen-bond donors (Lipinski definition) is 5. The number of aliphatic hydroxyl groups is 3. The van der Waals surface area contributed by atoms with Crippen molar-refractivity contribution in [1.29, 1.82) is 5.26 Å². The van der Waals surface area contributed by atoms with E-state index in [9.17, 15) is 20.1 Å². The molecule has 4 rings (SSSR count). The van der Waals surface area contributed by atoms with Crippen molar-refractivity contribution >= 4 is 17.3 Å². The van der Waals surface area contributed by atoms with E-state index in [-0.39, 0.29) is 37.1 Å². The predicted octanol–water partition coefficient (Wildman–Crippen LogP) is 2.37. The van der Waals surface area contributed by atoms with E-state index in [1.54, 1.807) is 25.1 Å². The minimum absolute atomic E-state index is 0.122. The third-order valence-corrected chi connectivity index (χ3v) is 6.91. The number of carbonyl (C=O) groups is 1. The Labute approximate surface area is 199 Å². The monoisotopic (exact) mass is 464 g/mol. The van der Waals surface area contributed by atoms with Crippen molar-refractivity contribution in [2.24, 2.45) is 11.8 Å². The third-order valence-electron chi connectivity index (χ3n) is 6.91. The number of anilines is 2. The second-order valence-corrected chi connectivity index (χ2v) is 9.35. The highest BCUT2D eigenvalue weighted by Crippen LogP contribution is 2.50. The fraction of sp³-hybridized carbons (Fsp3) is 0.462. The van der Waals surface area contributed by atoms with E-state index in [4.69, 9.17) is 5.26 Å². The van der Waals surface area contributed by atoms with Crippen LogP contribution in [0.1, 0.15) is 54.2 Å². The zero-order valence-electron chi connectivity index (χ0n) is 19.5. The lowest BCUT2D eigenvalue weighted by atomic mass is 9.79. The first-order chi connectivity index (χ1) is 16.4. The third kappa shape index (κ3) is 4.73. The van der Waals surface area contributed by atoms with Gasteiger partial charge in [-0.25, -0.2) is 0 Å². The quantitative estimate of drug-likeness (QED) is 0.406. The first-order valence-corrected chi connectivity index (χ1v) is 11.8. The van der Waals surface area contributed by atoms with Crippen molar-refractivity contribution in [2.45, 2.75) is 51.0 Å². The van der Waals surface area contributed by atoms with Crippen LogP contribution in [0.4, 0.5) is 11.4 Å². The molecule has 8 heteroatoms. The lowest BCUT2D eigenvalue weighted by Crippen LogP contribution is -2.53. The number of amides is 1. The topological polar surface area (TPSA) is 129 Å². The number of benzene rings is 2. The second kappa shape index (κ2) is 10.0. The highest BCUT2D eigenvalue weighted by Gasteiger charge is 2.47. The molecule has 4 atom stereocenters. The minimum Gasteiger partial charge on any atom is -0.394 e. The maximum Gasteiger partial charge on any atom is 0.251 e. The van der Waals surface area contributed by atoms with Gasteiger partial charge < -0.3 is 30.9 Å². The standard InChI is InChI=1S/C26H32N4O4/c1-15-24(28-20-8-3-17(12-27)4-9-20)22-11-19(26(34)29-21(13-31)14-32)7-10-23(22)30(16(2)33)25(15)18-5-6-18/h3-4,7-11,15-16,18,21,24-25,28,31-33H,5-6,13-14H2,1-2H3,(H,29,34)/t15-,16?,24-,25-/m1/s1. The predicted molar refractivity (Wildman–Crippen MR) is 129 cm³/mol. The summed E-state index contributed by atoms with van der Waals surface area (Å²) in [5.74, 6) is 0.251. The van der Waals surface area contributed by atoms with Crippen LogP contribution < -0.4 is 15.5 Å². The van der Waals surface area contributed by atoms with Crippen molar-refractivity contribution in [3.8, 4) is 6.07 Å². The lowest BCUT2D eigenvalue weighted by molar-refractivity contribution is 0.0879. The highest BCUT2D eigenvalue weighted by atomic mass is 16.3. The van der Waals surface area contributed by atoms with Crippen LogP contribution in [0, 0.1) is 23.2 Å². The van der Waals surface area contributed by atoms with Gasteiger partial charge in [0.2, 0.25) is 0 Å². The molecule has 0 bridgehead atoms. The zero-order valence-corrected chi connectivity index (χ0v) is 19.5. The number of hydrogen-bond acceptors (Lipinski definition) is 7. The molecule has 2 aromatic carbocycles. The van der Waals surface area contributed by atoms with Crippen molar-refractivity contribution in [3.63, 3.8) is 0 Å². The molecule has 2 aliphatic rings. The second-order valence-electron chi connectivity index (χ2n) is 9.35. The van der Waals surface area contributed by atoms with Gasteiger partial charge in [0, 0.05) is 28.9 Å². The van der Waals surface area contributed by atoms with Gasteiger partial charge in [-0.1, -0.05) is 6.92 Å². The normalized spacial score (nSPS) is 22.6. The number of fused-ring (bicyclic) bond motifs is 1. The Bertz CT molecular complexity index is 1060. The average molecular weight is 465 g/mol. The molecule has 1 aliphatic heterocycles. The van der Waals surface area contributed by atoms with Crippen LogP contribution in [0.3, 0.4) is 0 Å². The Hall–Kier alpha value is -3.12. The Morgan fingerprint density at radius 2 is 1.85 bits per heavy atom. The van der Waals surface area contributed by atoms with Crippen LogP contribution >= 0.6 is 0 Å². The maximum absolute atomic E-state index is 12.8. The Balaban J connectivity index is 1.74. The fourth-order valence-electron chi connectivity index (χ4n) is 5.07. The summed E-state index contributed by atoms with van der Waals surface area (Å²) in [4.78, 5) is 14.9. The smallest absolute Gasteiger partial charge is 0.251 e. The average Bonchev–Trinajstić information content (AvgIpc) is 3.68. The number of aliphatic hydroxyl groups excluding tert-OH is 3. The fourth-order valence-corrected chi connectivity index (χ4v) is 5.07. The Kier molecular flexibility index (Phi) is 7.08. The van der Waals surface area contributed by atoms with Gasteiger partial charge in [-0.2, -0.15) is 5.26 Å². The number of nitriles is 1. The molecule has 0 aromatic heterocycles. The van der Waals surface area contributed by atoms with Crippen LogP contribution in [0.5, 0.6) is 0 Å². The lowest BCUT2D eigenvalue weighted by Gasteiger charge is -2.48. The van der Waals surface area contributed by atoms with Crippen LogP contribution in [-0.2, 0) is 0 Å². The van der Waals surface area contributed by atoms with Crippen LogP contribution in [0.2, 0.25) is 0 Å². The first kappa shape index (κ1) is 24.0. The van der Waals surface area contributed by atoms with Gasteiger partial charge in [0.1, 0.15) is 6.23 Å². The summed E-state index contributed by atoms with van der Waals surface area (Å²) in [6.45, 7) is 3.23. The molecule has 0 saturated heterocycles. The number of carbonyl (C=O) groups excluding carboxylic acids is 1. The van der Waals surface area contributed by atoms with E-state index in [2.05, 4.69) is 28.5 Å². The van der Waals surface area contributed by atoms with E-state index < -0.39 is 12.3 Å². The molecule has 1 amide bonds. The van der Waals surface area contributed by atoms with Gasteiger partial charge in [0.25, 0.3) is 5.91 Å². The van der Waals surface area contributed by atoms with Gasteiger partial charge >= 0.3 is 0 Å². The van der Waals surface area contributed by atoms with Crippen LogP contribution in [-0.4, -0.2) is 52.8 Å². The molecule has 1 unspecified atom stereocenters. The minimum atomic E-state index is -0.733. The maximum atomic E-state index is 12.8. The molecular weight excluding hydrogens is 432 g/mol. The SMILES string of the molecule is CC(O)N1c2ccc(C(=O)NC(CO)CO)cc2[C@H](Nc2ccc(C#N)cc2)[C@@H](C)[C@@H]1C1CC1. The zero-order chi connectivity index (χ0) is 24.4. The molecule has 0 radical (unpaired) electrons. The van der Waals surface area contributed by atoms with Crippen molar-refractivity contribution in [3.05, 3.63) is 59.2 Å². The van der Waals surface area contributed by atoms with Crippen LogP contribution in [0.25, 0.3) is 0 Å². The Morgan fingerprint density at radius 1 is 1.18 bits per heavy atom. The molecule has 34 heavy (non-hydrogen) atoms. The molecule has 8 nitrogen and oxygen atoms in total. The summed E-state index contributed by atoms with van der Waals surface area (Å²) >= 11 is 0. The molecule has 5 N–H and O–H groups in total. The van der Waals surface area contributed by atoms with Gasteiger partial charge in [0.15, 0.2) is 0 Å². The molecule has 2 aromatic rings. The van der Waals surface area contributed by atoms with Gasteiger partial charge in [-0.3, -0.25) is 4.79 Å². The number of nitrogens with one attached hydrogen (secondary N) is 2.